The molecule has 0 N–H and O–H groups in total. The van der Waals surface area contributed by atoms with Crippen LogP contribution in [-0.2, 0) is 11.3 Å². The van der Waals surface area contributed by atoms with Gasteiger partial charge < -0.3 is 0 Å². The quantitative estimate of drug-likeness (QED) is 0.378. The summed E-state index contributed by atoms with van der Waals surface area (Å²) in [6.07, 6.45) is 3.59. The molecule has 0 radical (unpaired) electrons. The van der Waals surface area contributed by atoms with Crippen LogP contribution in [-0.4, -0.2) is 27.4 Å². The highest BCUT2D eigenvalue weighted by molar-refractivity contribution is 8.15. The lowest BCUT2D eigenvalue weighted by molar-refractivity contribution is -0.126. The molecule has 1 fully saturated rings. The number of amidine groups is 1. The number of fused-ring (bicyclic) bond motifs is 1. The molecule has 0 bridgehead atoms. The summed E-state index contributed by atoms with van der Waals surface area (Å²) in [6, 6.07) is 22.5. The van der Waals surface area contributed by atoms with E-state index in [4.69, 9.17) is 0 Å². The first-order chi connectivity index (χ1) is 14.7. The molecule has 0 spiro atoms. The zero-order chi connectivity index (χ0) is 20.9. The molecule has 0 unspecified atom stereocenters. The van der Waals surface area contributed by atoms with Gasteiger partial charge in [-0.05, 0) is 35.2 Å². The predicted molar refractivity (Wildman–Crippen MR) is 127 cm³/mol. The summed E-state index contributed by atoms with van der Waals surface area (Å²) in [5, 5.41) is 11.7. The molecule has 0 aliphatic carbocycles. The van der Waals surface area contributed by atoms with E-state index in [1.165, 1.54) is 22.7 Å². The minimum atomic E-state index is -0.0782. The van der Waals surface area contributed by atoms with E-state index in [1.54, 1.807) is 11.1 Å². The number of carbonyl (C=O) groups excluding carboxylic acids is 1. The molecule has 4 nitrogen and oxygen atoms in total. The third-order valence-electron chi connectivity index (χ3n) is 5.32. The van der Waals surface area contributed by atoms with Crippen molar-refractivity contribution in [3.63, 3.8) is 0 Å². The van der Waals surface area contributed by atoms with E-state index in [0.29, 0.717) is 11.7 Å². The van der Waals surface area contributed by atoms with Gasteiger partial charge in [-0.3, -0.25) is 9.69 Å². The van der Waals surface area contributed by atoms with Crippen molar-refractivity contribution in [1.29, 1.82) is 0 Å². The monoisotopic (exact) mass is 415 g/mol. The molecule has 0 aromatic heterocycles. The van der Waals surface area contributed by atoms with E-state index in [0.717, 1.165) is 29.4 Å². The van der Waals surface area contributed by atoms with E-state index in [-0.39, 0.29) is 11.2 Å². The Morgan fingerprint density at radius 2 is 1.80 bits per heavy atom. The van der Waals surface area contributed by atoms with E-state index < -0.39 is 0 Å². The number of aryl methyl sites for hydroxylation is 1. The van der Waals surface area contributed by atoms with E-state index in [1.807, 2.05) is 36.4 Å². The minimum Gasteiger partial charge on any atom is -0.284 e. The third kappa shape index (κ3) is 4.31. The van der Waals surface area contributed by atoms with Crippen molar-refractivity contribution in [2.24, 2.45) is 10.2 Å². The maximum Gasteiger partial charge on any atom is 0.242 e. The van der Waals surface area contributed by atoms with Crippen molar-refractivity contribution in [2.75, 3.05) is 0 Å². The van der Waals surface area contributed by atoms with Crippen LogP contribution in [0.15, 0.2) is 76.9 Å². The minimum absolute atomic E-state index is 0.0782. The van der Waals surface area contributed by atoms with Crippen molar-refractivity contribution in [1.82, 2.24) is 4.90 Å². The van der Waals surface area contributed by atoms with Crippen LogP contribution in [0.3, 0.4) is 0 Å². The van der Waals surface area contributed by atoms with Crippen LogP contribution >= 0.6 is 11.8 Å². The molecule has 1 aliphatic rings. The van der Waals surface area contributed by atoms with Gasteiger partial charge in [-0.1, -0.05) is 91.8 Å². The largest absolute Gasteiger partial charge is 0.284 e. The fraction of sp³-hybridized carbons (Fsp3) is 0.240. The van der Waals surface area contributed by atoms with Crippen LogP contribution in [0.4, 0.5) is 0 Å². The Morgan fingerprint density at radius 1 is 1.03 bits per heavy atom. The van der Waals surface area contributed by atoms with Gasteiger partial charge in [-0.25, -0.2) is 0 Å². The number of rotatable bonds is 6. The van der Waals surface area contributed by atoms with Crippen molar-refractivity contribution >= 4 is 39.8 Å². The topological polar surface area (TPSA) is 45.0 Å². The summed E-state index contributed by atoms with van der Waals surface area (Å²) in [6.45, 7) is 4.71. The summed E-state index contributed by atoms with van der Waals surface area (Å²) < 4.78 is 0. The molecule has 1 saturated heterocycles. The Hall–Kier alpha value is -2.92. The highest BCUT2D eigenvalue weighted by Crippen LogP contribution is 2.32. The summed E-state index contributed by atoms with van der Waals surface area (Å²) >= 11 is 1.53. The van der Waals surface area contributed by atoms with E-state index in [2.05, 4.69) is 54.4 Å². The van der Waals surface area contributed by atoms with Gasteiger partial charge in [0.15, 0.2) is 5.17 Å². The molecule has 4 rings (SSSR count). The number of carbonyl (C=O) groups is 1. The molecule has 5 heteroatoms. The Kier molecular flexibility index (Phi) is 6.29. The summed E-state index contributed by atoms with van der Waals surface area (Å²) in [4.78, 5) is 14.8. The first kappa shape index (κ1) is 20.4. The van der Waals surface area contributed by atoms with Crippen LogP contribution in [0.1, 0.15) is 36.5 Å². The lowest BCUT2D eigenvalue weighted by Gasteiger charge is -2.17. The van der Waals surface area contributed by atoms with Crippen molar-refractivity contribution in [2.45, 2.75) is 38.5 Å². The van der Waals surface area contributed by atoms with Crippen LogP contribution in [0, 0.1) is 6.92 Å². The maximum atomic E-state index is 13.0. The fourth-order valence-electron chi connectivity index (χ4n) is 3.64. The molecule has 1 heterocycles. The first-order valence-corrected chi connectivity index (χ1v) is 11.2. The van der Waals surface area contributed by atoms with E-state index >= 15 is 0 Å². The van der Waals surface area contributed by atoms with Crippen LogP contribution in [0.2, 0.25) is 0 Å². The van der Waals surface area contributed by atoms with Gasteiger partial charge in [0.1, 0.15) is 0 Å². The second-order valence-corrected chi connectivity index (χ2v) is 8.61. The Labute approximate surface area is 181 Å². The Bertz CT molecular complexity index is 1120. The van der Waals surface area contributed by atoms with Crippen LogP contribution < -0.4 is 0 Å². The lowest BCUT2D eigenvalue weighted by atomic mass is 10.1. The van der Waals surface area contributed by atoms with Gasteiger partial charge in [-0.2, -0.15) is 5.10 Å². The van der Waals surface area contributed by atoms with E-state index in [9.17, 15) is 4.79 Å². The van der Waals surface area contributed by atoms with Gasteiger partial charge in [-0.15, -0.1) is 5.10 Å². The van der Waals surface area contributed by atoms with Gasteiger partial charge in [0.2, 0.25) is 5.91 Å². The molecule has 1 atom stereocenters. The molecule has 3 aromatic carbocycles. The molecule has 1 amide bonds. The molecular formula is C25H25N3OS. The normalized spacial score (nSPS) is 18.2. The molecule has 30 heavy (non-hydrogen) atoms. The second-order valence-electron chi connectivity index (χ2n) is 7.44. The molecule has 3 aromatic rings. The third-order valence-corrected chi connectivity index (χ3v) is 6.56. The standard InChI is InChI=1S/C25H25N3OS/c1-3-9-23-24(29)28(17-21-12-5-4-10-18(21)2)25(30-23)27-26-16-20-14-8-13-19-11-6-7-15-22(19)20/h4-8,10-16,23H,3,9,17H2,1-2H3/b26-16-,27-25-/t23-/m1/s1. The van der Waals surface area contributed by atoms with Gasteiger partial charge >= 0.3 is 0 Å². The van der Waals surface area contributed by atoms with Crippen LogP contribution in [0.25, 0.3) is 10.8 Å². The Balaban J connectivity index is 1.62. The molecule has 1 aliphatic heterocycles. The average Bonchev–Trinajstić information content (AvgIpc) is 3.05. The number of hydrogen-bond acceptors (Lipinski definition) is 4. The van der Waals surface area contributed by atoms with Crippen LogP contribution in [0.5, 0.6) is 0 Å². The maximum absolute atomic E-state index is 13.0. The van der Waals surface area contributed by atoms with Gasteiger partial charge in [0, 0.05) is 5.56 Å². The molecule has 152 valence electrons. The van der Waals surface area contributed by atoms with Gasteiger partial charge in [0.05, 0.1) is 18.0 Å². The Morgan fingerprint density at radius 3 is 2.63 bits per heavy atom. The number of hydrogen-bond donors (Lipinski definition) is 0. The summed E-state index contributed by atoms with van der Waals surface area (Å²) in [5.41, 5.74) is 3.32. The SMILES string of the molecule is CCC[C@H]1S/C(=N\N=C/c2cccc3ccccc23)N(Cc2ccccc2C)C1=O. The number of benzene rings is 3. The zero-order valence-corrected chi connectivity index (χ0v) is 18.1. The average molecular weight is 416 g/mol. The fourth-order valence-corrected chi connectivity index (χ4v) is 4.85. The number of thioether (sulfide) groups is 1. The number of nitrogens with zero attached hydrogens (tertiary/aromatic N) is 3. The smallest absolute Gasteiger partial charge is 0.242 e. The lowest BCUT2D eigenvalue weighted by Crippen LogP contribution is -2.31. The highest BCUT2D eigenvalue weighted by Gasteiger charge is 2.37. The first-order valence-electron chi connectivity index (χ1n) is 10.3. The second kappa shape index (κ2) is 9.26. The van der Waals surface area contributed by atoms with Crippen molar-refractivity contribution in [3.8, 4) is 0 Å². The van der Waals surface area contributed by atoms with Crippen molar-refractivity contribution < 1.29 is 4.79 Å². The summed E-state index contributed by atoms with van der Waals surface area (Å²) in [5.74, 6) is 0.129. The molecule has 0 saturated carbocycles. The summed E-state index contributed by atoms with van der Waals surface area (Å²) in [7, 11) is 0. The van der Waals surface area contributed by atoms with Crippen molar-refractivity contribution in [3.05, 3.63) is 83.4 Å². The number of amides is 1. The zero-order valence-electron chi connectivity index (χ0n) is 17.3. The molecular weight excluding hydrogens is 390 g/mol. The van der Waals surface area contributed by atoms with Gasteiger partial charge in [0.25, 0.3) is 0 Å². The predicted octanol–water partition coefficient (Wildman–Crippen LogP) is 5.78. The highest BCUT2D eigenvalue weighted by atomic mass is 32.2.